The number of fused-ring (bicyclic) bond motifs is 1. The molecule has 2 aliphatic heterocycles. The van der Waals surface area contributed by atoms with Crippen molar-refractivity contribution in [2.24, 2.45) is 17.3 Å². The van der Waals surface area contributed by atoms with Gasteiger partial charge in [0.1, 0.15) is 5.75 Å². The molecule has 3 heterocycles. The van der Waals surface area contributed by atoms with Crippen LogP contribution in [0.5, 0.6) is 5.75 Å². The third kappa shape index (κ3) is 6.66. The highest BCUT2D eigenvalue weighted by Crippen LogP contribution is 2.58. The Morgan fingerprint density at radius 1 is 1.26 bits per heavy atom. The minimum Gasteiger partial charge on any atom is -0.497 e. The zero-order valence-electron chi connectivity index (χ0n) is 26.5. The summed E-state index contributed by atoms with van der Waals surface area (Å²) in [5, 5.41) is 6.29. The smallest absolute Gasteiger partial charge is 0.481 e. The molecule has 1 saturated carbocycles. The highest BCUT2D eigenvalue weighted by atomic mass is 35.5. The minimum atomic E-state index is -0.403. The Morgan fingerprint density at radius 3 is 2.53 bits per heavy atom. The maximum absolute atomic E-state index is 12.5. The molecule has 1 aliphatic carbocycles. The van der Waals surface area contributed by atoms with Gasteiger partial charge in [-0.15, -0.1) is 6.58 Å². The first kappa shape index (κ1) is 33.1. The summed E-state index contributed by atoms with van der Waals surface area (Å²) in [4.78, 5) is 27.5. The molecule has 1 saturated heterocycles. The van der Waals surface area contributed by atoms with Gasteiger partial charge in [0.25, 0.3) is 5.56 Å². The molecular weight excluding hydrogens is 567 g/mol. The van der Waals surface area contributed by atoms with Crippen LogP contribution in [0.3, 0.4) is 0 Å². The van der Waals surface area contributed by atoms with Gasteiger partial charge in [-0.05, 0) is 81.4 Å². The quantitative estimate of drug-likeness (QED) is 0.204. The fourth-order valence-corrected chi connectivity index (χ4v) is 6.92. The van der Waals surface area contributed by atoms with E-state index in [0.717, 1.165) is 36.3 Å². The molecule has 234 valence electrons. The molecule has 9 nitrogen and oxygen atoms in total. The lowest BCUT2D eigenvalue weighted by Gasteiger charge is -2.58. The largest absolute Gasteiger partial charge is 0.497 e. The summed E-state index contributed by atoms with van der Waals surface area (Å²) in [6.45, 7) is 17.4. The van der Waals surface area contributed by atoms with E-state index in [2.05, 4.69) is 56.8 Å². The molecule has 3 aliphatic rings. The van der Waals surface area contributed by atoms with Gasteiger partial charge >= 0.3 is 7.12 Å². The van der Waals surface area contributed by atoms with E-state index in [4.69, 9.17) is 25.6 Å². The number of nitrogens with zero attached hydrogens (tertiary/aromatic N) is 2. The zero-order chi connectivity index (χ0) is 31.5. The SMILES string of the molecule is C=CCC(NC=O)B1OC(C)C(C)(C2CC(C)C2(C)C)O1.COc1ccc(CNc2nc(Cl)c3n(c2=O)C(C)CC3)cc1. The van der Waals surface area contributed by atoms with Crippen LogP contribution in [-0.4, -0.2) is 47.8 Å². The standard InChI is InChI=1S/C16H28BNO3.C16H18ClN3O2/c1-7-8-14(18-10-19)17-20-12(3)16(6,21-17)13-9-11(2)15(13,4)5;1-10-3-8-13-14(17)19-15(16(21)20(10)13)18-9-11-4-6-12(22-2)7-5-11/h7,10-14H,1,8-9H2,2-6H3,(H,18,19);4-7,10H,3,8-9H2,1-2H3,(H,18,19). The molecule has 1 aromatic heterocycles. The number of anilines is 1. The molecule has 0 radical (unpaired) electrons. The Hall–Kier alpha value is -2.82. The first-order chi connectivity index (χ1) is 20.4. The van der Waals surface area contributed by atoms with Crippen molar-refractivity contribution >= 4 is 30.9 Å². The number of ether oxygens (including phenoxy) is 1. The van der Waals surface area contributed by atoms with Crippen LogP contribution >= 0.6 is 11.6 Å². The van der Waals surface area contributed by atoms with E-state index >= 15 is 0 Å². The average molecular weight is 613 g/mol. The van der Waals surface area contributed by atoms with Gasteiger partial charge in [0.05, 0.1) is 30.4 Å². The van der Waals surface area contributed by atoms with Crippen molar-refractivity contribution in [1.82, 2.24) is 14.9 Å². The minimum absolute atomic E-state index is 0.0139. The van der Waals surface area contributed by atoms with E-state index in [9.17, 15) is 9.59 Å². The molecule has 1 aromatic carbocycles. The van der Waals surface area contributed by atoms with E-state index in [1.165, 1.54) is 0 Å². The second-order valence-electron chi connectivity index (χ2n) is 12.8. The van der Waals surface area contributed by atoms with E-state index in [1.807, 2.05) is 31.2 Å². The lowest BCUT2D eigenvalue weighted by atomic mass is 9.50. The van der Waals surface area contributed by atoms with Crippen LogP contribution in [0.1, 0.15) is 78.1 Å². The summed E-state index contributed by atoms with van der Waals surface area (Å²) in [5.41, 5.74) is 1.74. The van der Waals surface area contributed by atoms with E-state index in [0.29, 0.717) is 42.2 Å². The summed E-state index contributed by atoms with van der Waals surface area (Å²) >= 11 is 6.21. The molecular formula is C32H46BClN4O5. The zero-order valence-corrected chi connectivity index (χ0v) is 27.2. The highest BCUT2D eigenvalue weighted by Gasteiger charge is 2.61. The first-order valence-electron chi connectivity index (χ1n) is 15.2. The molecule has 0 bridgehead atoms. The molecule has 5 rings (SSSR count). The number of hydrogen-bond donors (Lipinski definition) is 2. The fourth-order valence-electron chi connectivity index (χ4n) is 6.65. The van der Waals surface area contributed by atoms with Crippen LogP contribution in [0, 0.1) is 17.3 Å². The van der Waals surface area contributed by atoms with Crippen molar-refractivity contribution in [3.8, 4) is 5.75 Å². The van der Waals surface area contributed by atoms with E-state index < -0.39 is 7.12 Å². The van der Waals surface area contributed by atoms with E-state index in [-0.39, 0.29) is 34.7 Å². The lowest BCUT2D eigenvalue weighted by Crippen LogP contribution is -2.58. The number of nitrogens with one attached hydrogen (secondary N) is 2. The van der Waals surface area contributed by atoms with Crippen LogP contribution < -0.4 is 20.9 Å². The number of carbonyl (C=O) groups is 1. The second-order valence-corrected chi connectivity index (χ2v) is 13.2. The Kier molecular flexibility index (Phi) is 10.3. The Balaban J connectivity index is 0.000000197. The van der Waals surface area contributed by atoms with Crippen LogP contribution in [0.25, 0.3) is 0 Å². The van der Waals surface area contributed by atoms with Crippen molar-refractivity contribution in [1.29, 1.82) is 0 Å². The summed E-state index contributed by atoms with van der Waals surface area (Å²) < 4.78 is 19.2. The van der Waals surface area contributed by atoms with Gasteiger partial charge < -0.3 is 29.2 Å². The van der Waals surface area contributed by atoms with Crippen molar-refractivity contribution in [2.45, 2.75) is 97.5 Å². The van der Waals surface area contributed by atoms with Crippen LogP contribution in [0.4, 0.5) is 5.82 Å². The van der Waals surface area contributed by atoms with Gasteiger partial charge in [0, 0.05) is 12.6 Å². The summed E-state index contributed by atoms with van der Waals surface area (Å²) in [6.07, 6.45) is 6.04. The maximum atomic E-state index is 12.5. The molecule has 6 unspecified atom stereocenters. The molecule has 6 atom stereocenters. The molecule has 2 aromatic rings. The predicted octanol–water partition coefficient (Wildman–Crippen LogP) is 5.61. The van der Waals surface area contributed by atoms with Crippen LogP contribution in [0.2, 0.25) is 5.15 Å². The van der Waals surface area contributed by atoms with Crippen molar-refractivity contribution < 1.29 is 18.8 Å². The number of benzene rings is 1. The number of methoxy groups -OCH3 is 1. The lowest BCUT2D eigenvalue weighted by molar-refractivity contribution is -0.137. The van der Waals surface area contributed by atoms with Gasteiger partial charge in [-0.2, -0.15) is 0 Å². The van der Waals surface area contributed by atoms with Crippen LogP contribution in [0.15, 0.2) is 41.7 Å². The first-order valence-corrected chi connectivity index (χ1v) is 15.6. The summed E-state index contributed by atoms with van der Waals surface area (Å²) in [5.74, 6) is 2.10. The highest BCUT2D eigenvalue weighted by molar-refractivity contribution is 6.47. The second kappa shape index (κ2) is 13.4. The van der Waals surface area contributed by atoms with Gasteiger partial charge in [-0.1, -0.05) is 50.6 Å². The number of aromatic nitrogens is 2. The molecule has 2 fully saturated rings. The van der Waals surface area contributed by atoms with Gasteiger partial charge in [-0.3, -0.25) is 9.59 Å². The number of rotatable bonds is 10. The third-order valence-corrected chi connectivity index (χ3v) is 10.3. The molecule has 0 spiro atoms. The maximum Gasteiger partial charge on any atom is 0.481 e. The number of hydrogen-bond acceptors (Lipinski definition) is 7. The number of carbonyl (C=O) groups excluding carboxylic acids is 1. The number of amides is 1. The van der Waals surface area contributed by atoms with Crippen molar-refractivity contribution in [3.05, 3.63) is 63.7 Å². The Bertz CT molecular complexity index is 1340. The van der Waals surface area contributed by atoms with Crippen LogP contribution in [-0.2, 0) is 27.1 Å². The van der Waals surface area contributed by atoms with Crippen molar-refractivity contribution in [3.63, 3.8) is 0 Å². The Labute approximate surface area is 260 Å². The molecule has 43 heavy (non-hydrogen) atoms. The monoisotopic (exact) mass is 612 g/mol. The predicted molar refractivity (Wildman–Crippen MR) is 172 cm³/mol. The van der Waals surface area contributed by atoms with Gasteiger partial charge in [0.15, 0.2) is 11.0 Å². The number of halogens is 1. The van der Waals surface area contributed by atoms with Gasteiger partial charge in [-0.25, -0.2) is 4.98 Å². The third-order valence-electron chi connectivity index (χ3n) is 10.0. The van der Waals surface area contributed by atoms with Gasteiger partial charge in [0.2, 0.25) is 6.41 Å². The van der Waals surface area contributed by atoms with E-state index in [1.54, 1.807) is 17.8 Å². The summed E-state index contributed by atoms with van der Waals surface area (Å²) in [6, 6.07) is 7.83. The Morgan fingerprint density at radius 2 is 1.95 bits per heavy atom. The normalized spacial score (nSPS) is 27.7. The molecule has 1 amide bonds. The van der Waals surface area contributed by atoms with Crippen molar-refractivity contribution in [2.75, 3.05) is 12.4 Å². The average Bonchev–Trinajstić information content (AvgIpc) is 3.52. The molecule has 2 N–H and O–H groups in total. The fraction of sp³-hybridized carbons (Fsp3) is 0.594. The summed E-state index contributed by atoms with van der Waals surface area (Å²) in [7, 11) is 1.23. The molecule has 11 heteroatoms. The topological polar surface area (TPSA) is 104 Å².